The Kier molecular flexibility index (Phi) is 5.80. The fourth-order valence-electron chi connectivity index (χ4n) is 10.2. The van der Waals surface area contributed by atoms with E-state index >= 15 is 0 Å². The molecule has 2 aliphatic carbocycles. The molecule has 53 heavy (non-hydrogen) atoms. The van der Waals surface area contributed by atoms with Gasteiger partial charge in [-0.15, -0.1) is 0 Å². The van der Waals surface area contributed by atoms with Crippen LogP contribution < -0.4 is 0 Å². The number of fused-ring (bicyclic) bond motifs is 17. The summed E-state index contributed by atoms with van der Waals surface area (Å²) in [6, 6.07) is 72.9. The number of hydrogen-bond donors (Lipinski definition) is 0. The first-order chi connectivity index (χ1) is 26.3. The number of rotatable bonds is 2. The number of benzene rings is 10. The van der Waals surface area contributed by atoms with Crippen LogP contribution in [-0.2, 0) is 5.41 Å². The lowest BCUT2D eigenvalue weighted by Gasteiger charge is -2.31. The Morgan fingerprint density at radius 2 is 0.679 bits per heavy atom. The van der Waals surface area contributed by atoms with E-state index in [0.29, 0.717) is 0 Å². The molecule has 0 aromatic heterocycles. The Bertz CT molecular complexity index is 3130. The third-order valence-electron chi connectivity index (χ3n) is 12.3. The fourth-order valence-corrected chi connectivity index (χ4v) is 10.2. The van der Waals surface area contributed by atoms with Crippen LogP contribution in [0.3, 0.4) is 0 Å². The van der Waals surface area contributed by atoms with E-state index in [2.05, 4.69) is 194 Å². The molecule has 1 spiro atoms. The second-order valence-corrected chi connectivity index (χ2v) is 14.7. The maximum Gasteiger partial charge on any atom is 0.0726 e. The Labute approximate surface area is 308 Å². The molecule has 0 atom stereocenters. The van der Waals surface area contributed by atoms with Gasteiger partial charge in [0.2, 0.25) is 0 Å². The molecular weight excluding hydrogens is 637 g/mol. The van der Waals surface area contributed by atoms with Crippen molar-refractivity contribution in [2.75, 3.05) is 0 Å². The highest BCUT2D eigenvalue weighted by Gasteiger charge is 2.52. The zero-order valence-corrected chi connectivity index (χ0v) is 29.0. The summed E-state index contributed by atoms with van der Waals surface area (Å²) in [6.07, 6.45) is 0. The summed E-state index contributed by atoms with van der Waals surface area (Å²) >= 11 is 0. The van der Waals surface area contributed by atoms with Gasteiger partial charge in [0, 0.05) is 0 Å². The molecule has 0 unspecified atom stereocenters. The molecule has 0 bridgehead atoms. The lowest BCUT2D eigenvalue weighted by molar-refractivity contribution is 0.795. The zero-order valence-electron chi connectivity index (χ0n) is 29.0. The maximum absolute atomic E-state index is 2.58. The summed E-state index contributed by atoms with van der Waals surface area (Å²) in [7, 11) is 0. The van der Waals surface area contributed by atoms with Crippen molar-refractivity contribution in [3.8, 4) is 44.5 Å². The topological polar surface area (TPSA) is 0 Å². The van der Waals surface area contributed by atoms with E-state index in [9.17, 15) is 0 Å². The molecule has 0 saturated carbocycles. The van der Waals surface area contributed by atoms with Crippen LogP contribution in [0.1, 0.15) is 22.3 Å². The highest BCUT2D eigenvalue weighted by molar-refractivity contribution is 6.19. The van der Waals surface area contributed by atoms with Crippen molar-refractivity contribution in [2.24, 2.45) is 0 Å². The fraction of sp³-hybridized carbons (Fsp3) is 0.0189. The van der Waals surface area contributed by atoms with E-state index in [-0.39, 0.29) is 0 Å². The smallest absolute Gasteiger partial charge is 0.0619 e. The van der Waals surface area contributed by atoms with Crippen molar-refractivity contribution in [3.63, 3.8) is 0 Å². The molecule has 0 N–H and O–H groups in total. The summed E-state index contributed by atoms with van der Waals surface area (Å²) in [6.45, 7) is 0. The molecule has 0 heteroatoms. The Morgan fingerprint density at radius 3 is 1.36 bits per heavy atom. The first-order valence-electron chi connectivity index (χ1n) is 18.6. The molecule has 0 heterocycles. The first kappa shape index (κ1) is 28.9. The molecule has 0 amide bonds. The molecular formula is C53H32. The summed E-state index contributed by atoms with van der Waals surface area (Å²) in [5.74, 6) is 0. The summed E-state index contributed by atoms with van der Waals surface area (Å²) in [5.41, 5.74) is 15.4. The van der Waals surface area contributed by atoms with Gasteiger partial charge in [0.1, 0.15) is 0 Å². The van der Waals surface area contributed by atoms with Crippen molar-refractivity contribution in [1.82, 2.24) is 0 Å². The van der Waals surface area contributed by atoms with Gasteiger partial charge in [0.05, 0.1) is 5.41 Å². The highest BCUT2D eigenvalue weighted by atomic mass is 14.5. The molecule has 0 radical (unpaired) electrons. The van der Waals surface area contributed by atoms with Crippen LogP contribution in [0.4, 0.5) is 0 Å². The van der Waals surface area contributed by atoms with Gasteiger partial charge in [-0.1, -0.05) is 182 Å². The standard InChI is InChI=1S/C53H32/c1-4-18-36-33(15-1)29-30-49-51(36)52-44-26-10-9-23-41(44)46(32-50(52)53(49)47-27-13-11-24-42(47)43-25-12-14-28-48(43)53)40-22-8-7-21-39(40)45-31-34-16-2-3-17-35(34)37-19-5-6-20-38(37)45/h1-32H. The molecule has 12 rings (SSSR count). The van der Waals surface area contributed by atoms with Gasteiger partial charge in [-0.05, 0) is 122 Å². The van der Waals surface area contributed by atoms with Gasteiger partial charge in [-0.2, -0.15) is 0 Å². The molecule has 10 aromatic carbocycles. The molecule has 0 fully saturated rings. The summed E-state index contributed by atoms with van der Waals surface area (Å²) < 4.78 is 0. The maximum atomic E-state index is 2.58. The van der Waals surface area contributed by atoms with E-state index in [1.54, 1.807) is 0 Å². The molecule has 0 aliphatic heterocycles. The molecule has 0 nitrogen and oxygen atoms in total. The van der Waals surface area contributed by atoms with Crippen LogP contribution in [0.2, 0.25) is 0 Å². The highest BCUT2D eigenvalue weighted by Crippen LogP contribution is 2.65. The average Bonchev–Trinajstić information content (AvgIpc) is 3.71. The second kappa shape index (κ2) is 10.6. The predicted octanol–water partition coefficient (Wildman–Crippen LogP) is 14.0. The van der Waals surface area contributed by atoms with Gasteiger partial charge >= 0.3 is 0 Å². The van der Waals surface area contributed by atoms with E-state index in [0.717, 1.165) is 0 Å². The normalized spacial score (nSPS) is 13.4. The lowest BCUT2D eigenvalue weighted by atomic mass is 9.69. The number of hydrogen-bond acceptors (Lipinski definition) is 0. The molecule has 10 aromatic rings. The Hall–Kier alpha value is -6.76. The van der Waals surface area contributed by atoms with Crippen molar-refractivity contribution in [2.45, 2.75) is 5.41 Å². The molecule has 0 saturated heterocycles. The predicted molar refractivity (Wildman–Crippen MR) is 224 cm³/mol. The van der Waals surface area contributed by atoms with Gasteiger partial charge in [0.15, 0.2) is 0 Å². The third kappa shape index (κ3) is 3.70. The molecule has 244 valence electrons. The second-order valence-electron chi connectivity index (χ2n) is 14.7. The third-order valence-corrected chi connectivity index (χ3v) is 12.3. The minimum atomic E-state index is -0.453. The Morgan fingerprint density at radius 1 is 0.226 bits per heavy atom. The summed E-state index contributed by atoms with van der Waals surface area (Å²) in [5, 5.41) is 10.3. The molecule has 2 aliphatic rings. The van der Waals surface area contributed by atoms with Crippen LogP contribution >= 0.6 is 0 Å². The lowest BCUT2D eigenvalue weighted by Crippen LogP contribution is -2.26. The van der Waals surface area contributed by atoms with Crippen molar-refractivity contribution in [3.05, 3.63) is 216 Å². The largest absolute Gasteiger partial charge is 0.0726 e. The average molecular weight is 669 g/mol. The minimum Gasteiger partial charge on any atom is -0.0619 e. The van der Waals surface area contributed by atoms with Gasteiger partial charge in [-0.3, -0.25) is 0 Å². The SMILES string of the molecule is c1ccc(-c2cc3ccccc3c3ccccc23)c(-c2cc3c(c4ccccc24)-c2c(ccc4ccccc24)C32c3ccccc3-c3ccccc32)c1. The van der Waals surface area contributed by atoms with Crippen LogP contribution in [0, 0.1) is 0 Å². The van der Waals surface area contributed by atoms with Crippen LogP contribution in [0.5, 0.6) is 0 Å². The van der Waals surface area contributed by atoms with E-state index in [1.807, 2.05) is 0 Å². The van der Waals surface area contributed by atoms with Gasteiger partial charge in [0.25, 0.3) is 0 Å². The quantitative estimate of drug-likeness (QED) is 0.161. The van der Waals surface area contributed by atoms with E-state index < -0.39 is 5.41 Å². The minimum absolute atomic E-state index is 0.453. The monoisotopic (exact) mass is 668 g/mol. The van der Waals surface area contributed by atoms with Crippen LogP contribution in [-0.4, -0.2) is 0 Å². The van der Waals surface area contributed by atoms with Crippen molar-refractivity contribution < 1.29 is 0 Å². The van der Waals surface area contributed by atoms with Gasteiger partial charge in [-0.25, -0.2) is 0 Å². The van der Waals surface area contributed by atoms with Crippen molar-refractivity contribution >= 4 is 43.1 Å². The van der Waals surface area contributed by atoms with E-state index in [1.165, 1.54) is 110 Å². The first-order valence-corrected chi connectivity index (χ1v) is 18.6. The van der Waals surface area contributed by atoms with Crippen molar-refractivity contribution in [1.29, 1.82) is 0 Å². The Balaban J connectivity index is 1.25. The van der Waals surface area contributed by atoms with E-state index in [4.69, 9.17) is 0 Å². The zero-order chi connectivity index (χ0) is 34.7. The van der Waals surface area contributed by atoms with Gasteiger partial charge < -0.3 is 0 Å². The summed E-state index contributed by atoms with van der Waals surface area (Å²) in [4.78, 5) is 0. The van der Waals surface area contributed by atoms with Crippen LogP contribution in [0.15, 0.2) is 194 Å². The van der Waals surface area contributed by atoms with Crippen LogP contribution in [0.25, 0.3) is 87.6 Å².